The summed E-state index contributed by atoms with van der Waals surface area (Å²) in [6, 6.07) is 0.963. The third-order valence-corrected chi connectivity index (χ3v) is 4.84. The number of hydrogen-bond donors (Lipinski definition) is 2. The number of hydrogen-bond acceptors (Lipinski definition) is 6. The SMILES string of the molecule is Cc1cn2c(-c3cncc(N[C@H]4CN[C@H](C)C4)n3)cnc2s1. The van der Waals surface area contributed by atoms with Gasteiger partial charge in [-0.25, -0.2) is 9.97 Å². The van der Waals surface area contributed by atoms with Gasteiger partial charge >= 0.3 is 0 Å². The van der Waals surface area contributed by atoms with Crippen molar-refractivity contribution in [1.29, 1.82) is 0 Å². The summed E-state index contributed by atoms with van der Waals surface area (Å²) in [6.45, 7) is 5.25. The summed E-state index contributed by atoms with van der Waals surface area (Å²) in [4.78, 5) is 15.7. The maximum absolute atomic E-state index is 4.71. The molecular formula is C15H18N6S. The lowest BCUT2D eigenvalue weighted by molar-refractivity contribution is 0.661. The van der Waals surface area contributed by atoms with Crippen LogP contribution in [0.2, 0.25) is 0 Å². The van der Waals surface area contributed by atoms with E-state index in [1.54, 1.807) is 23.7 Å². The highest BCUT2D eigenvalue weighted by molar-refractivity contribution is 7.17. The topological polar surface area (TPSA) is 67.1 Å². The molecule has 2 atom stereocenters. The minimum atomic E-state index is 0.411. The van der Waals surface area contributed by atoms with Crippen molar-refractivity contribution in [2.75, 3.05) is 11.9 Å². The van der Waals surface area contributed by atoms with Gasteiger partial charge in [-0.1, -0.05) is 0 Å². The van der Waals surface area contributed by atoms with Gasteiger partial charge < -0.3 is 10.6 Å². The third-order valence-electron chi connectivity index (χ3n) is 3.93. The Morgan fingerprint density at radius 1 is 1.36 bits per heavy atom. The van der Waals surface area contributed by atoms with E-state index in [0.29, 0.717) is 12.1 Å². The summed E-state index contributed by atoms with van der Waals surface area (Å²) in [6.07, 6.45) is 8.62. The lowest BCUT2D eigenvalue weighted by atomic mass is 10.2. The first-order chi connectivity index (χ1) is 10.7. The van der Waals surface area contributed by atoms with E-state index in [-0.39, 0.29) is 0 Å². The van der Waals surface area contributed by atoms with Crippen molar-refractivity contribution in [3.8, 4) is 11.4 Å². The Kier molecular flexibility index (Phi) is 3.31. The highest BCUT2D eigenvalue weighted by atomic mass is 32.1. The average Bonchev–Trinajstić information content (AvgIpc) is 3.15. The smallest absolute Gasteiger partial charge is 0.194 e. The molecule has 3 aromatic heterocycles. The number of imidazole rings is 1. The molecule has 3 aromatic rings. The van der Waals surface area contributed by atoms with Crippen LogP contribution in [0, 0.1) is 6.92 Å². The van der Waals surface area contributed by atoms with E-state index in [0.717, 1.165) is 35.1 Å². The molecule has 4 heterocycles. The fourth-order valence-electron chi connectivity index (χ4n) is 2.90. The van der Waals surface area contributed by atoms with Crippen LogP contribution in [0.1, 0.15) is 18.2 Å². The summed E-state index contributed by atoms with van der Waals surface area (Å²) in [7, 11) is 0. The molecule has 7 heteroatoms. The van der Waals surface area contributed by atoms with E-state index in [1.807, 2.05) is 6.20 Å². The van der Waals surface area contributed by atoms with Crippen LogP contribution in [0.15, 0.2) is 24.8 Å². The van der Waals surface area contributed by atoms with Crippen molar-refractivity contribution in [3.05, 3.63) is 29.7 Å². The van der Waals surface area contributed by atoms with Gasteiger partial charge in [0.05, 0.1) is 24.3 Å². The van der Waals surface area contributed by atoms with Crippen LogP contribution in [0.5, 0.6) is 0 Å². The first kappa shape index (κ1) is 13.7. The first-order valence-electron chi connectivity index (χ1n) is 7.45. The molecule has 0 saturated carbocycles. The van der Waals surface area contributed by atoms with Gasteiger partial charge in [-0.2, -0.15) is 0 Å². The van der Waals surface area contributed by atoms with E-state index >= 15 is 0 Å². The number of nitrogens with one attached hydrogen (secondary N) is 2. The van der Waals surface area contributed by atoms with E-state index in [1.165, 1.54) is 4.88 Å². The summed E-state index contributed by atoms with van der Waals surface area (Å²) < 4.78 is 2.08. The molecule has 22 heavy (non-hydrogen) atoms. The summed E-state index contributed by atoms with van der Waals surface area (Å²) >= 11 is 1.68. The van der Waals surface area contributed by atoms with E-state index in [2.05, 4.69) is 45.0 Å². The maximum atomic E-state index is 4.71. The van der Waals surface area contributed by atoms with Crippen molar-refractivity contribution in [2.45, 2.75) is 32.4 Å². The van der Waals surface area contributed by atoms with E-state index < -0.39 is 0 Å². The number of anilines is 1. The Labute approximate surface area is 132 Å². The fourth-order valence-corrected chi connectivity index (χ4v) is 3.70. The molecular weight excluding hydrogens is 296 g/mol. The van der Waals surface area contributed by atoms with Crippen LogP contribution in [-0.4, -0.2) is 38.0 Å². The molecule has 1 fully saturated rings. The number of nitrogens with zero attached hydrogens (tertiary/aromatic N) is 4. The molecule has 0 radical (unpaired) electrons. The van der Waals surface area contributed by atoms with Crippen LogP contribution >= 0.6 is 11.3 Å². The normalized spacial score (nSPS) is 21.5. The van der Waals surface area contributed by atoms with Crippen molar-refractivity contribution in [3.63, 3.8) is 0 Å². The Balaban J connectivity index is 1.63. The zero-order valence-electron chi connectivity index (χ0n) is 12.6. The van der Waals surface area contributed by atoms with Crippen LogP contribution in [-0.2, 0) is 0 Å². The molecule has 0 aromatic carbocycles. The van der Waals surface area contributed by atoms with Crippen molar-refractivity contribution in [2.24, 2.45) is 0 Å². The molecule has 1 aliphatic heterocycles. The van der Waals surface area contributed by atoms with E-state index in [4.69, 9.17) is 4.98 Å². The number of fused-ring (bicyclic) bond motifs is 1. The molecule has 1 saturated heterocycles. The maximum Gasteiger partial charge on any atom is 0.194 e. The Hall–Kier alpha value is -1.99. The summed E-state index contributed by atoms with van der Waals surface area (Å²) in [5.74, 6) is 0.820. The quantitative estimate of drug-likeness (QED) is 0.776. The van der Waals surface area contributed by atoms with Gasteiger partial charge in [0.1, 0.15) is 11.5 Å². The minimum Gasteiger partial charge on any atom is -0.365 e. The molecule has 1 aliphatic rings. The highest BCUT2D eigenvalue weighted by Crippen LogP contribution is 2.24. The van der Waals surface area contributed by atoms with Crippen LogP contribution in [0.25, 0.3) is 16.3 Å². The minimum absolute atomic E-state index is 0.411. The van der Waals surface area contributed by atoms with E-state index in [9.17, 15) is 0 Å². The zero-order chi connectivity index (χ0) is 15.1. The second-order valence-corrected chi connectivity index (χ2v) is 7.03. The second-order valence-electron chi connectivity index (χ2n) is 5.81. The van der Waals surface area contributed by atoms with Gasteiger partial charge in [0.2, 0.25) is 0 Å². The monoisotopic (exact) mass is 314 g/mol. The Morgan fingerprint density at radius 3 is 3.09 bits per heavy atom. The van der Waals surface area contributed by atoms with Gasteiger partial charge in [-0.3, -0.25) is 9.38 Å². The Bertz CT molecular complexity index is 807. The largest absolute Gasteiger partial charge is 0.365 e. The van der Waals surface area contributed by atoms with Crippen molar-refractivity contribution >= 4 is 22.1 Å². The van der Waals surface area contributed by atoms with Gasteiger partial charge in [-0.15, -0.1) is 11.3 Å². The zero-order valence-corrected chi connectivity index (χ0v) is 13.4. The average molecular weight is 314 g/mol. The van der Waals surface area contributed by atoms with Gasteiger partial charge in [0.25, 0.3) is 0 Å². The van der Waals surface area contributed by atoms with Crippen LogP contribution in [0.3, 0.4) is 0 Å². The lowest BCUT2D eigenvalue weighted by Gasteiger charge is -2.12. The molecule has 0 amide bonds. The predicted molar refractivity (Wildman–Crippen MR) is 88.3 cm³/mol. The molecule has 2 N–H and O–H groups in total. The summed E-state index contributed by atoms with van der Waals surface area (Å²) in [5.41, 5.74) is 1.82. The number of rotatable bonds is 3. The number of thiazole rings is 1. The first-order valence-corrected chi connectivity index (χ1v) is 8.26. The second kappa shape index (κ2) is 5.33. The third kappa shape index (κ3) is 2.46. The number of aromatic nitrogens is 4. The van der Waals surface area contributed by atoms with Crippen molar-refractivity contribution in [1.82, 2.24) is 24.7 Å². The number of aryl methyl sites for hydroxylation is 1. The molecule has 6 nitrogen and oxygen atoms in total. The predicted octanol–water partition coefficient (Wildman–Crippen LogP) is 2.32. The van der Waals surface area contributed by atoms with Gasteiger partial charge in [0, 0.05) is 29.7 Å². The molecule has 0 unspecified atom stereocenters. The van der Waals surface area contributed by atoms with Crippen LogP contribution in [0.4, 0.5) is 5.82 Å². The molecule has 114 valence electrons. The van der Waals surface area contributed by atoms with Gasteiger partial charge in [-0.05, 0) is 20.3 Å². The lowest BCUT2D eigenvalue weighted by Crippen LogP contribution is -2.23. The molecule has 0 bridgehead atoms. The Morgan fingerprint density at radius 2 is 2.27 bits per heavy atom. The van der Waals surface area contributed by atoms with Crippen LogP contribution < -0.4 is 10.6 Å². The van der Waals surface area contributed by atoms with Crippen molar-refractivity contribution < 1.29 is 0 Å². The fraction of sp³-hybridized carbons (Fsp3) is 0.400. The molecule has 0 spiro atoms. The molecule has 4 rings (SSSR count). The summed E-state index contributed by atoms with van der Waals surface area (Å²) in [5, 5.41) is 6.90. The highest BCUT2D eigenvalue weighted by Gasteiger charge is 2.21. The molecule has 0 aliphatic carbocycles. The standard InChI is InChI=1S/C15H18N6S/c1-9-3-11(4-17-9)19-14-7-16-5-12(20-14)13-6-18-15-21(13)8-10(2)22-15/h5-9,11,17H,3-4H2,1-2H3,(H,19,20)/t9-,11-/m1/s1. The van der Waals surface area contributed by atoms with Gasteiger partial charge in [0.15, 0.2) is 4.96 Å².